The van der Waals surface area contributed by atoms with E-state index in [4.69, 9.17) is 0 Å². The molecule has 0 spiro atoms. The van der Waals surface area contributed by atoms with Crippen molar-refractivity contribution >= 4 is 11.6 Å². The van der Waals surface area contributed by atoms with Crippen molar-refractivity contribution in [3.8, 4) is 0 Å². The predicted molar refractivity (Wildman–Crippen MR) is 72.1 cm³/mol. The van der Waals surface area contributed by atoms with Gasteiger partial charge in [-0.3, -0.25) is 4.79 Å². The first-order valence-electron chi connectivity index (χ1n) is 6.26. The fourth-order valence-electron chi connectivity index (χ4n) is 2.52. The molecule has 0 unspecified atom stereocenters. The molecule has 3 heteroatoms. The average Bonchev–Trinajstić information content (AvgIpc) is 2.66. The van der Waals surface area contributed by atoms with E-state index in [-0.39, 0.29) is 5.91 Å². The van der Waals surface area contributed by atoms with Crippen LogP contribution in [-0.4, -0.2) is 30.4 Å². The molecule has 2 heterocycles. The predicted octanol–water partition coefficient (Wildman–Crippen LogP) is 2.03. The molecule has 18 heavy (non-hydrogen) atoms. The summed E-state index contributed by atoms with van der Waals surface area (Å²) in [6.07, 6.45) is 3.18. The standard InChI is InChI=1S/C15H16N2O/c1-11-13-4-2-3-5-14(13)15(18)17(11)10-12-6-8-16-9-7-12/h2-6,16H,1,7-10H2. The van der Waals surface area contributed by atoms with Gasteiger partial charge in [0.2, 0.25) is 0 Å². The van der Waals surface area contributed by atoms with Crippen LogP contribution >= 0.6 is 0 Å². The molecular weight excluding hydrogens is 224 g/mol. The van der Waals surface area contributed by atoms with Gasteiger partial charge in [-0.05, 0) is 19.0 Å². The van der Waals surface area contributed by atoms with Crippen molar-refractivity contribution in [2.45, 2.75) is 6.42 Å². The Morgan fingerprint density at radius 1 is 1.28 bits per heavy atom. The monoisotopic (exact) mass is 240 g/mol. The topological polar surface area (TPSA) is 32.3 Å². The average molecular weight is 240 g/mol. The number of hydrogen-bond acceptors (Lipinski definition) is 2. The summed E-state index contributed by atoms with van der Waals surface area (Å²) in [4.78, 5) is 14.1. The zero-order chi connectivity index (χ0) is 12.5. The SMILES string of the molecule is C=C1c2ccccc2C(=O)N1CC1=CCNCC1. The van der Waals surface area contributed by atoms with Gasteiger partial charge in [0.1, 0.15) is 0 Å². The van der Waals surface area contributed by atoms with Gasteiger partial charge in [0, 0.05) is 29.9 Å². The van der Waals surface area contributed by atoms with E-state index in [2.05, 4.69) is 18.0 Å². The van der Waals surface area contributed by atoms with Crippen LogP contribution in [0.2, 0.25) is 0 Å². The van der Waals surface area contributed by atoms with E-state index in [0.29, 0.717) is 6.54 Å². The molecule has 1 aromatic carbocycles. The molecule has 0 aromatic heterocycles. The van der Waals surface area contributed by atoms with Gasteiger partial charge in [-0.15, -0.1) is 0 Å². The Morgan fingerprint density at radius 3 is 2.72 bits per heavy atom. The molecule has 0 fully saturated rings. The lowest BCUT2D eigenvalue weighted by atomic mass is 10.1. The van der Waals surface area contributed by atoms with Crippen LogP contribution in [0.25, 0.3) is 5.70 Å². The first-order chi connectivity index (χ1) is 8.77. The first-order valence-corrected chi connectivity index (χ1v) is 6.26. The molecule has 3 nitrogen and oxygen atoms in total. The van der Waals surface area contributed by atoms with Gasteiger partial charge in [-0.25, -0.2) is 0 Å². The molecule has 3 rings (SSSR count). The van der Waals surface area contributed by atoms with Crippen LogP contribution in [0.15, 0.2) is 42.5 Å². The number of fused-ring (bicyclic) bond motifs is 1. The molecule has 0 saturated heterocycles. The van der Waals surface area contributed by atoms with Crippen LogP contribution in [0.5, 0.6) is 0 Å². The zero-order valence-electron chi connectivity index (χ0n) is 10.3. The normalized spacial score (nSPS) is 18.9. The van der Waals surface area contributed by atoms with Crippen molar-refractivity contribution < 1.29 is 4.79 Å². The van der Waals surface area contributed by atoms with Crippen LogP contribution in [0, 0.1) is 0 Å². The summed E-state index contributed by atoms with van der Waals surface area (Å²) >= 11 is 0. The van der Waals surface area contributed by atoms with Gasteiger partial charge in [0.15, 0.2) is 0 Å². The fourth-order valence-corrected chi connectivity index (χ4v) is 2.52. The van der Waals surface area contributed by atoms with E-state index in [0.717, 1.165) is 36.3 Å². The summed E-state index contributed by atoms with van der Waals surface area (Å²) < 4.78 is 0. The molecule has 0 radical (unpaired) electrons. The van der Waals surface area contributed by atoms with Crippen molar-refractivity contribution in [1.29, 1.82) is 0 Å². The highest BCUT2D eigenvalue weighted by Gasteiger charge is 2.30. The minimum Gasteiger partial charge on any atom is -0.313 e. The first kappa shape index (κ1) is 11.2. The summed E-state index contributed by atoms with van der Waals surface area (Å²) in [6, 6.07) is 7.69. The van der Waals surface area contributed by atoms with Gasteiger partial charge in [0.05, 0.1) is 0 Å². The molecule has 92 valence electrons. The zero-order valence-corrected chi connectivity index (χ0v) is 10.3. The minimum atomic E-state index is 0.0787. The highest BCUT2D eigenvalue weighted by molar-refractivity contribution is 6.08. The second kappa shape index (κ2) is 4.42. The van der Waals surface area contributed by atoms with Crippen LogP contribution in [0.1, 0.15) is 22.3 Å². The van der Waals surface area contributed by atoms with Crippen molar-refractivity contribution in [2.24, 2.45) is 0 Å². The molecule has 0 saturated carbocycles. The Bertz CT molecular complexity index is 510. The molecule has 1 N–H and O–H groups in total. The maximum Gasteiger partial charge on any atom is 0.259 e. The number of amides is 1. The molecule has 1 aromatic rings. The molecule has 0 bridgehead atoms. The van der Waals surface area contributed by atoms with Crippen molar-refractivity contribution in [1.82, 2.24) is 10.2 Å². The Kier molecular flexibility index (Phi) is 2.76. The number of carbonyl (C=O) groups excluding carboxylic acids is 1. The van der Waals surface area contributed by atoms with Crippen molar-refractivity contribution in [3.05, 3.63) is 53.6 Å². The number of carbonyl (C=O) groups is 1. The molecule has 2 aliphatic rings. The second-order valence-corrected chi connectivity index (χ2v) is 4.70. The Balaban J connectivity index is 1.86. The van der Waals surface area contributed by atoms with Crippen LogP contribution in [0.3, 0.4) is 0 Å². The van der Waals surface area contributed by atoms with Crippen molar-refractivity contribution in [3.63, 3.8) is 0 Å². The third-order valence-corrected chi connectivity index (χ3v) is 3.56. The van der Waals surface area contributed by atoms with Crippen molar-refractivity contribution in [2.75, 3.05) is 19.6 Å². The van der Waals surface area contributed by atoms with Crippen LogP contribution < -0.4 is 5.32 Å². The Hall–Kier alpha value is -1.87. The fraction of sp³-hybridized carbons (Fsp3) is 0.267. The molecule has 0 aliphatic carbocycles. The lowest BCUT2D eigenvalue weighted by molar-refractivity contribution is 0.0858. The third-order valence-electron chi connectivity index (χ3n) is 3.56. The molecule has 0 atom stereocenters. The number of hydrogen-bond donors (Lipinski definition) is 1. The quantitative estimate of drug-likeness (QED) is 0.802. The highest BCUT2D eigenvalue weighted by atomic mass is 16.2. The molecular formula is C15H16N2O. The molecule has 1 amide bonds. The summed E-state index contributed by atoms with van der Waals surface area (Å²) in [5.74, 6) is 0.0787. The van der Waals surface area contributed by atoms with Gasteiger partial charge in [-0.2, -0.15) is 0 Å². The van der Waals surface area contributed by atoms with E-state index < -0.39 is 0 Å². The number of nitrogens with zero attached hydrogens (tertiary/aromatic N) is 1. The molecule has 2 aliphatic heterocycles. The van der Waals surface area contributed by atoms with Gasteiger partial charge >= 0.3 is 0 Å². The minimum absolute atomic E-state index is 0.0787. The second-order valence-electron chi connectivity index (χ2n) is 4.70. The van der Waals surface area contributed by atoms with E-state index in [1.807, 2.05) is 24.3 Å². The summed E-state index contributed by atoms with van der Waals surface area (Å²) in [6.45, 7) is 6.62. The smallest absolute Gasteiger partial charge is 0.259 e. The van der Waals surface area contributed by atoms with E-state index in [9.17, 15) is 4.79 Å². The van der Waals surface area contributed by atoms with Gasteiger partial charge < -0.3 is 10.2 Å². The lowest BCUT2D eigenvalue weighted by Crippen LogP contribution is -2.29. The van der Waals surface area contributed by atoms with Crippen LogP contribution in [-0.2, 0) is 0 Å². The number of nitrogens with one attached hydrogen (secondary N) is 1. The van der Waals surface area contributed by atoms with Gasteiger partial charge in [-0.1, -0.05) is 36.4 Å². The largest absolute Gasteiger partial charge is 0.313 e. The maximum absolute atomic E-state index is 12.3. The Labute approximate surface area is 107 Å². The van der Waals surface area contributed by atoms with Crippen LogP contribution in [0.4, 0.5) is 0 Å². The van der Waals surface area contributed by atoms with E-state index in [1.54, 1.807) is 4.90 Å². The van der Waals surface area contributed by atoms with E-state index in [1.165, 1.54) is 5.57 Å². The van der Waals surface area contributed by atoms with Gasteiger partial charge in [0.25, 0.3) is 5.91 Å². The summed E-state index contributed by atoms with van der Waals surface area (Å²) in [7, 11) is 0. The Morgan fingerprint density at radius 2 is 2.06 bits per heavy atom. The third kappa shape index (κ3) is 1.77. The van der Waals surface area contributed by atoms with E-state index >= 15 is 0 Å². The highest BCUT2D eigenvalue weighted by Crippen LogP contribution is 2.31. The number of benzene rings is 1. The lowest BCUT2D eigenvalue weighted by Gasteiger charge is -2.22. The number of rotatable bonds is 2. The maximum atomic E-state index is 12.3. The summed E-state index contributed by atoms with van der Waals surface area (Å²) in [5, 5.41) is 3.28. The summed E-state index contributed by atoms with van der Waals surface area (Å²) in [5.41, 5.74) is 3.89.